The molecule has 0 aromatic heterocycles. The number of amides is 2. The highest BCUT2D eigenvalue weighted by Crippen LogP contribution is 2.33. The van der Waals surface area contributed by atoms with Crippen molar-refractivity contribution in [1.82, 2.24) is 10.2 Å². The molecule has 1 aliphatic heterocycles. The normalized spacial score (nSPS) is 19.2. The maximum absolute atomic E-state index is 13.1. The van der Waals surface area contributed by atoms with Crippen LogP contribution in [-0.4, -0.2) is 41.1 Å². The van der Waals surface area contributed by atoms with Gasteiger partial charge in [-0.2, -0.15) is 13.2 Å². The molecule has 0 aliphatic carbocycles. The Morgan fingerprint density at radius 1 is 1.23 bits per heavy atom. The number of carboxylic acid groups (broad SMARTS) is 1. The van der Waals surface area contributed by atoms with Crippen LogP contribution in [0.4, 0.5) is 18.0 Å². The van der Waals surface area contributed by atoms with E-state index in [2.05, 4.69) is 21.2 Å². The Balaban J connectivity index is 1.89. The molecule has 0 radical (unpaired) electrons. The first-order valence-electron chi connectivity index (χ1n) is 9.38. The summed E-state index contributed by atoms with van der Waals surface area (Å²) in [6, 6.07) is 7.86. The number of hydrogen-bond donors (Lipinski definition) is 2. The Labute approximate surface area is 190 Å². The number of carbonyl (C=O) groups is 2. The molecule has 166 valence electrons. The molecule has 2 amide bonds. The number of alkyl halides is 3. The van der Waals surface area contributed by atoms with Crippen molar-refractivity contribution < 1.29 is 27.9 Å². The predicted octanol–water partition coefficient (Wildman–Crippen LogP) is 5.70. The summed E-state index contributed by atoms with van der Waals surface area (Å²) in [4.78, 5) is 25.5. The monoisotopic (exact) mass is 518 g/mol. The van der Waals surface area contributed by atoms with Gasteiger partial charge in [0.25, 0.3) is 5.91 Å². The first-order chi connectivity index (χ1) is 14.5. The van der Waals surface area contributed by atoms with Crippen molar-refractivity contribution in [2.45, 2.75) is 31.5 Å². The van der Waals surface area contributed by atoms with Crippen LogP contribution >= 0.6 is 27.5 Å². The van der Waals surface area contributed by atoms with Gasteiger partial charge in [0.15, 0.2) is 0 Å². The van der Waals surface area contributed by atoms with Gasteiger partial charge in [-0.25, -0.2) is 4.79 Å². The predicted molar refractivity (Wildman–Crippen MR) is 114 cm³/mol. The third-order valence-corrected chi connectivity index (χ3v) is 6.18. The maximum atomic E-state index is 13.1. The summed E-state index contributed by atoms with van der Waals surface area (Å²) in [5.74, 6) is -1.03. The SMILES string of the molecule is Cc1cc([C@@H]2CN(C(=O)O)CC[C@H]2NC(=O)c2cc(Br)cc(C(F)(F)F)c2)ccc1Cl. The van der Waals surface area contributed by atoms with Crippen LogP contribution in [0.2, 0.25) is 5.02 Å². The highest BCUT2D eigenvalue weighted by Gasteiger charge is 2.35. The Morgan fingerprint density at radius 3 is 2.55 bits per heavy atom. The lowest BCUT2D eigenvalue weighted by Crippen LogP contribution is -2.51. The van der Waals surface area contributed by atoms with Crippen molar-refractivity contribution in [3.05, 3.63) is 68.1 Å². The van der Waals surface area contributed by atoms with Crippen LogP contribution in [0.3, 0.4) is 0 Å². The van der Waals surface area contributed by atoms with Crippen LogP contribution in [0.25, 0.3) is 0 Å². The van der Waals surface area contributed by atoms with Gasteiger partial charge >= 0.3 is 12.3 Å². The van der Waals surface area contributed by atoms with E-state index < -0.39 is 29.8 Å². The second kappa shape index (κ2) is 9.08. The minimum absolute atomic E-state index is 0.131. The Bertz CT molecular complexity index is 1020. The molecule has 2 atom stereocenters. The molecule has 1 fully saturated rings. The number of rotatable bonds is 3. The minimum Gasteiger partial charge on any atom is -0.465 e. The van der Waals surface area contributed by atoms with Crippen molar-refractivity contribution in [2.24, 2.45) is 0 Å². The van der Waals surface area contributed by atoms with Crippen LogP contribution in [0, 0.1) is 6.92 Å². The lowest BCUT2D eigenvalue weighted by atomic mass is 9.85. The lowest BCUT2D eigenvalue weighted by molar-refractivity contribution is -0.137. The number of nitrogens with zero attached hydrogens (tertiary/aromatic N) is 1. The number of likely N-dealkylation sites (tertiary alicyclic amines) is 1. The van der Waals surface area contributed by atoms with Crippen molar-refractivity contribution in [2.75, 3.05) is 13.1 Å². The largest absolute Gasteiger partial charge is 0.465 e. The zero-order valence-corrected chi connectivity index (χ0v) is 18.7. The van der Waals surface area contributed by atoms with Crippen molar-refractivity contribution in [3.63, 3.8) is 0 Å². The fourth-order valence-corrected chi connectivity index (χ4v) is 4.28. The average Bonchev–Trinajstić information content (AvgIpc) is 2.69. The zero-order valence-electron chi connectivity index (χ0n) is 16.3. The number of nitrogens with one attached hydrogen (secondary N) is 1. The standard InChI is InChI=1S/C21H19BrClF3N2O3/c1-11-6-12(2-3-17(11)23)16-10-28(20(30)31)5-4-18(16)27-19(29)13-7-14(21(24,25)26)9-15(22)8-13/h2-3,6-9,16,18H,4-5,10H2,1H3,(H,27,29)(H,30,31)/t16-,18+/m0/s1. The molecule has 2 aromatic carbocycles. The molecule has 0 spiro atoms. The summed E-state index contributed by atoms with van der Waals surface area (Å²) < 4.78 is 39.5. The van der Waals surface area contributed by atoms with E-state index in [0.717, 1.165) is 23.3 Å². The average molecular weight is 520 g/mol. The van der Waals surface area contributed by atoms with Gasteiger partial charge in [0, 0.05) is 40.1 Å². The van der Waals surface area contributed by atoms with Gasteiger partial charge in [-0.1, -0.05) is 39.7 Å². The van der Waals surface area contributed by atoms with E-state index in [-0.39, 0.29) is 29.0 Å². The molecule has 0 saturated carbocycles. The zero-order chi connectivity index (χ0) is 22.9. The molecule has 1 heterocycles. The second-order valence-corrected chi connectivity index (χ2v) is 8.76. The Hall–Kier alpha value is -2.26. The summed E-state index contributed by atoms with van der Waals surface area (Å²) in [5, 5.41) is 12.8. The smallest absolute Gasteiger partial charge is 0.416 e. The van der Waals surface area contributed by atoms with E-state index in [1.807, 2.05) is 13.0 Å². The molecule has 5 nitrogen and oxygen atoms in total. The first-order valence-corrected chi connectivity index (χ1v) is 10.6. The summed E-state index contributed by atoms with van der Waals surface area (Å²) in [5.41, 5.74) is 0.535. The van der Waals surface area contributed by atoms with Gasteiger partial charge in [-0.3, -0.25) is 4.79 Å². The molecular formula is C21H19BrClF3N2O3. The summed E-state index contributed by atoms with van der Waals surface area (Å²) in [6.45, 7) is 2.17. The third-order valence-electron chi connectivity index (χ3n) is 5.30. The van der Waals surface area contributed by atoms with E-state index in [9.17, 15) is 27.9 Å². The number of benzene rings is 2. The van der Waals surface area contributed by atoms with E-state index in [1.54, 1.807) is 12.1 Å². The summed E-state index contributed by atoms with van der Waals surface area (Å²) in [6.07, 6.45) is -5.33. The Morgan fingerprint density at radius 2 is 1.94 bits per heavy atom. The highest BCUT2D eigenvalue weighted by molar-refractivity contribution is 9.10. The lowest BCUT2D eigenvalue weighted by Gasteiger charge is -2.38. The molecule has 2 aromatic rings. The molecule has 0 unspecified atom stereocenters. The summed E-state index contributed by atoms with van der Waals surface area (Å²) in [7, 11) is 0. The van der Waals surface area contributed by atoms with Crippen LogP contribution in [0.5, 0.6) is 0 Å². The molecule has 3 rings (SSSR count). The van der Waals surface area contributed by atoms with Crippen LogP contribution in [0.1, 0.15) is 39.4 Å². The number of hydrogen-bond acceptors (Lipinski definition) is 2. The summed E-state index contributed by atoms with van der Waals surface area (Å²) >= 11 is 9.12. The van der Waals surface area contributed by atoms with E-state index >= 15 is 0 Å². The van der Waals surface area contributed by atoms with Gasteiger partial charge in [0.05, 0.1) is 5.56 Å². The van der Waals surface area contributed by atoms with Crippen LogP contribution in [0.15, 0.2) is 40.9 Å². The number of carbonyl (C=O) groups excluding carboxylic acids is 1. The van der Waals surface area contributed by atoms with E-state index in [1.165, 1.54) is 11.0 Å². The third kappa shape index (κ3) is 5.51. The van der Waals surface area contributed by atoms with Crippen molar-refractivity contribution in [1.29, 1.82) is 0 Å². The molecule has 31 heavy (non-hydrogen) atoms. The topological polar surface area (TPSA) is 69.6 Å². The molecule has 10 heteroatoms. The van der Waals surface area contributed by atoms with Gasteiger partial charge in [0.2, 0.25) is 0 Å². The van der Waals surface area contributed by atoms with Crippen LogP contribution in [-0.2, 0) is 6.18 Å². The number of halogens is 5. The molecule has 1 saturated heterocycles. The fourth-order valence-electron chi connectivity index (χ4n) is 3.67. The fraction of sp³-hybridized carbons (Fsp3) is 0.333. The van der Waals surface area contributed by atoms with E-state index in [4.69, 9.17) is 11.6 Å². The van der Waals surface area contributed by atoms with Gasteiger partial charge in [-0.15, -0.1) is 0 Å². The van der Waals surface area contributed by atoms with E-state index in [0.29, 0.717) is 11.4 Å². The highest BCUT2D eigenvalue weighted by atomic mass is 79.9. The minimum atomic E-state index is -4.59. The van der Waals surface area contributed by atoms with Gasteiger partial charge in [0.1, 0.15) is 0 Å². The van der Waals surface area contributed by atoms with Crippen LogP contribution < -0.4 is 5.32 Å². The van der Waals surface area contributed by atoms with Crippen molar-refractivity contribution >= 4 is 39.5 Å². The number of piperidine rings is 1. The molecule has 0 bridgehead atoms. The Kier molecular flexibility index (Phi) is 6.85. The molecule has 2 N–H and O–H groups in total. The molecular weight excluding hydrogens is 501 g/mol. The van der Waals surface area contributed by atoms with Crippen molar-refractivity contribution in [3.8, 4) is 0 Å². The second-order valence-electron chi connectivity index (χ2n) is 7.44. The van der Waals surface area contributed by atoms with Gasteiger partial charge < -0.3 is 15.3 Å². The number of aryl methyl sites for hydroxylation is 1. The first kappa shape index (κ1) is 23.4. The van der Waals surface area contributed by atoms with Gasteiger partial charge in [-0.05, 0) is 48.7 Å². The quantitative estimate of drug-likeness (QED) is 0.547. The molecule has 1 aliphatic rings. The maximum Gasteiger partial charge on any atom is 0.416 e.